The minimum absolute atomic E-state index is 0.152. The molecule has 2 aromatic rings. The van der Waals surface area contributed by atoms with Crippen LogP contribution in [0.2, 0.25) is 0 Å². The van der Waals surface area contributed by atoms with Crippen molar-refractivity contribution in [1.82, 2.24) is 9.78 Å². The second-order valence-electron chi connectivity index (χ2n) is 4.50. The summed E-state index contributed by atoms with van der Waals surface area (Å²) >= 11 is 6.78. The SMILES string of the molecule is CCc1nn(C)c(COC(=O)c2ccc(Br)c(N)c2)c1Br. The zero-order valence-electron chi connectivity index (χ0n) is 11.7. The molecule has 0 unspecified atom stereocenters. The highest BCUT2D eigenvalue weighted by Gasteiger charge is 2.15. The number of halogens is 2. The molecule has 0 aliphatic heterocycles. The maximum Gasteiger partial charge on any atom is 0.338 e. The number of benzene rings is 1. The van der Waals surface area contributed by atoms with Crippen LogP contribution in [0.4, 0.5) is 5.69 Å². The van der Waals surface area contributed by atoms with Gasteiger partial charge in [-0.1, -0.05) is 6.92 Å². The van der Waals surface area contributed by atoms with Crippen LogP contribution in [0.1, 0.15) is 28.7 Å². The summed E-state index contributed by atoms with van der Waals surface area (Å²) in [5, 5.41) is 4.36. The van der Waals surface area contributed by atoms with Crippen molar-refractivity contribution in [2.45, 2.75) is 20.0 Å². The molecule has 0 atom stereocenters. The summed E-state index contributed by atoms with van der Waals surface area (Å²) < 4.78 is 8.68. The Kier molecular flexibility index (Phi) is 5.05. The molecule has 2 rings (SSSR count). The first-order valence-corrected chi connectivity index (χ1v) is 7.95. The van der Waals surface area contributed by atoms with E-state index in [0.717, 1.165) is 26.8 Å². The van der Waals surface area contributed by atoms with Gasteiger partial charge < -0.3 is 10.5 Å². The fourth-order valence-corrected chi connectivity index (χ4v) is 2.84. The Morgan fingerprint density at radius 3 is 2.71 bits per heavy atom. The van der Waals surface area contributed by atoms with E-state index in [1.54, 1.807) is 22.9 Å². The summed E-state index contributed by atoms with van der Waals surface area (Å²) in [6, 6.07) is 4.97. The highest BCUT2D eigenvalue weighted by Crippen LogP contribution is 2.24. The van der Waals surface area contributed by atoms with Gasteiger partial charge in [0.1, 0.15) is 6.61 Å². The Bertz CT molecular complexity index is 683. The number of rotatable bonds is 4. The molecule has 0 fully saturated rings. The molecule has 0 saturated heterocycles. The quantitative estimate of drug-likeness (QED) is 0.612. The normalized spacial score (nSPS) is 10.7. The number of ether oxygens (including phenoxy) is 1. The van der Waals surface area contributed by atoms with Crippen molar-refractivity contribution in [3.05, 3.63) is 44.1 Å². The standard InChI is InChI=1S/C14H15Br2N3O2/c1-3-11-13(16)12(19(2)18-11)7-21-14(20)8-4-5-9(15)10(17)6-8/h4-6H,3,7,17H2,1-2H3. The van der Waals surface area contributed by atoms with Gasteiger partial charge in [-0.3, -0.25) is 4.68 Å². The van der Waals surface area contributed by atoms with Crippen molar-refractivity contribution in [1.29, 1.82) is 0 Å². The third-order valence-corrected chi connectivity index (χ3v) is 4.71. The number of esters is 1. The Morgan fingerprint density at radius 1 is 1.43 bits per heavy atom. The maximum absolute atomic E-state index is 12.0. The summed E-state index contributed by atoms with van der Waals surface area (Å²) in [6.07, 6.45) is 0.811. The third kappa shape index (κ3) is 3.47. The average Bonchev–Trinajstić information content (AvgIpc) is 2.73. The van der Waals surface area contributed by atoms with Crippen LogP contribution in [0.25, 0.3) is 0 Å². The largest absolute Gasteiger partial charge is 0.456 e. The topological polar surface area (TPSA) is 70.1 Å². The lowest BCUT2D eigenvalue weighted by atomic mass is 10.2. The van der Waals surface area contributed by atoms with E-state index in [0.29, 0.717) is 11.3 Å². The number of hydrogen-bond acceptors (Lipinski definition) is 4. The zero-order valence-corrected chi connectivity index (χ0v) is 14.9. The molecule has 112 valence electrons. The highest BCUT2D eigenvalue weighted by atomic mass is 79.9. The summed E-state index contributed by atoms with van der Waals surface area (Å²) in [5.41, 5.74) is 8.45. The second kappa shape index (κ2) is 6.62. The van der Waals surface area contributed by atoms with E-state index >= 15 is 0 Å². The number of nitrogens with zero attached hydrogens (tertiary/aromatic N) is 2. The van der Waals surface area contributed by atoms with Gasteiger partial charge in [0.25, 0.3) is 0 Å². The lowest BCUT2D eigenvalue weighted by Gasteiger charge is -2.07. The third-order valence-electron chi connectivity index (χ3n) is 3.07. The fraction of sp³-hybridized carbons (Fsp3) is 0.286. The van der Waals surface area contributed by atoms with Crippen molar-refractivity contribution < 1.29 is 9.53 Å². The first kappa shape index (κ1) is 16.0. The molecular weight excluding hydrogens is 402 g/mol. The minimum Gasteiger partial charge on any atom is -0.456 e. The van der Waals surface area contributed by atoms with Crippen LogP contribution < -0.4 is 5.73 Å². The Balaban J connectivity index is 2.11. The molecule has 0 aliphatic carbocycles. The van der Waals surface area contributed by atoms with Gasteiger partial charge in [0, 0.05) is 17.2 Å². The lowest BCUT2D eigenvalue weighted by Crippen LogP contribution is -2.08. The van der Waals surface area contributed by atoms with Crippen molar-refractivity contribution in [2.24, 2.45) is 7.05 Å². The summed E-state index contributed by atoms with van der Waals surface area (Å²) in [4.78, 5) is 12.0. The van der Waals surface area contributed by atoms with Gasteiger partial charge in [0.15, 0.2) is 0 Å². The van der Waals surface area contributed by atoms with E-state index in [4.69, 9.17) is 10.5 Å². The van der Waals surface area contributed by atoms with Crippen LogP contribution in [0, 0.1) is 0 Å². The van der Waals surface area contributed by atoms with E-state index in [-0.39, 0.29) is 6.61 Å². The van der Waals surface area contributed by atoms with Crippen LogP contribution in [0.5, 0.6) is 0 Å². The lowest BCUT2D eigenvalue weighted by molar-refractivity contribution is 0.0462. The number of hydrogen-bond donors (Lipinski definition) is 1. The molecule has 2 N–H and O–H groups in total. The molecule has 21 heavy (non-hydrogen) atoms. The summed E-state index contributed by atoms with van der Waals surface area (Å²) in [5.74, 6) is -0.416. The van der Waals surface area contributed by atoms with E-state index in [1.165, 1.54) is 0 Å². The van der Waals surface area contributed by atoms with Crippen molar-refractivity contribution in [3.8, 4) is 0 Å². The van der Waals surface area contributed by atoms with Gasteiger partial charge in [-0.05, 0) is 56.5 Å². The number of carbonyl (C=O) groups is 1. The minimum atomic E-state index is -0.416. The van der Waals surface area contributed by atoms with Gasteiger partial charge in [0.2, 0.25) is 0 Å². The first-order chi connectivity index (χ1) is 9.93. The monoisotopic (exact) mass is 415 g/mol. The van der Waals surface area contributed by atoms with Crippen LogP contribution in [0.3, 0.4) is 0 Å². The number of anilines is 1. The van der Waals surface area contributed by atoms with Crippen molar-refractivity contribution in [3.63, 3.8) is 0 Å². The molecule has 1 aromatic carbocycles. The molecule has 0 amide bonds. The van der Waals surface area contributed by atoms with Gasteiger partial charge in [-0.2, -0.15) is 5.10 Å². The molecule has 0 aliphatic rings. The molecular formula is C14H15Br2N3O2. The average molecular weight is 417 g/mol. The molecule has 0 radical (unpaired) electrons. The second-order valence-corrected chi connectivity index (χ2v) is 6.14. The fourth-order valence-electron chi connectivity index (χ4n) is 1.86. The predicted octanol–water partition coefficient (Wildman–Crippen LogP) is 3.45. The summed E-state index contributed by atoms with van der Waals surface area (Å²) in [7, 11) is 1.82. The van der Waals surface area contributed by atoms with Crippen molar-refractivity contribution in [2.75, 3.05) is 5.73 Å². The van der Waals surface area contributed by atoms with E-state index in [9.17, 15) is 4.79 Å². The number of aromatic nitrogens is 2. The number of nitrogens with two attached hydrogens (primary N) is 1. The molecule has 0 saturated carbocycles. The van der Waals surface area contributed by atoms with Crippen LogP contribution >= 0.6 is 31.9 Å². The van der Waals surface area contributed by atoms with Gasteiger partial charge >= 0.3 is 5.97 Å². The number of nitrogen functional groups attached to an aromatic ring is 1. The van der Waals surface area contributed by atoms with Gasteiger partial charge in [-0.25, -0.2) is 4.79 Å². The predicted molar refractivity (Wildman–Crippen MR) is 88.0 cm³/mol. The molecule has 5 nitrogen and oxygen atoms in total. The number of carbonyl (C=O) groups excluding carboxylic acids is 1. The number of aryl methyl sites for hydroxylation is 2. The van der Waals surface area contributed by atoms with Crippen LogP contribution in [0.15, 0.2) is 27.1 Å². The van der Waals surface area contributed by atoms with Gasteiger partial charge in [0.05, 0.1) is 21.4 Å². The molecule has 0 spiro atoms. The molecule has 7 heteroatoms. The van der Waals surface area contributed by atoms with E-state index in [2.05, 4.69) is 37.0 Å². The van der Waals surface area contributed by atoms with Gasteiger partial charge in [-0.15, -0.1) is 0 Å². The Morgan fingerprint density at radius 2 is 2.14 bits per heavy atom. The Hall–Kier alpha value is -1.34. The smallest absolute Gasteiger partial charge is 0.338 e. The zero-order chi connectivity index (χ0) is 15.6. The van der Waals surface area contributed by atoms with Crippen LogP contribution in [-0.4, -0.2) is 15.7 Å². The molecule has 1 aromatic heterocycles. The van der Waals surface area contributed by atoms with E-state index in [1.807, 2.05) is 14.0 Å². The summed E-state index contributed by atoms with van der Waals surface area (Å²) in [6.45, 7) is 2.17. The van der Waals surface area contributed by atoms with Crippen LogP contribution in [-0.2, 0) is 24.8 Å². The molecule has 1 heterocycles. The highest BCUT2D eigenvalue weighted by molar-refractivity contribution is 9.11. The maximum atomic E-state index is 12.0. The first-order valence-electron chi connectivity index (χ1n) is 6.36. The Labute approximate surface area is 139 Å². The van der Waals surface area contributed by atoms with Crippen molar-refractivity contribution >= 4 is 43.5 Å². The molecule has 0 bridgehead atoms. The van der Waals surface area contributed by atoms with E-state index < -0.39 is 5.97 Å².